The van der Waals surface area contributed by atoms with Gasteiger partial charge in [0.1, 0.15) is 16.5 Å². The molecule has 0 aliphatic carbocycles. The molecule has 2 amide bonds. The zero-order valence-electron chi connectivity index (χ0n) is 38.0. The zero-order valence-corrected chi connectivity index (χ0v) is 38.8. The topological polar surface area (TPSA) is 188 Å². The van der Waals surface area contributed by atoms with Gasteiger partial charge in [0.15, 0.2) is 5.72 Å². The number of benzene rings is 4. The van der Waals surface area contributed by atoms with Crippen molar-refractivity contribution in [2.75, 3.05) is 38.0 Å². The maximum absolute atomic E-state index is 14.7. The summed E-state index contributed by atoms with van der Waals surface area (Å²) in [5.41, 5.74) is -1.12. The van der Waals surface area contributed by atoms with Crippen molar-refractivity contribution in [2.24, 2.45) is 5.14 Å². The molecule has 0 aliphatic heterocycles. The van der Waals surface area contributed by atoms with Crippen molar-refractivity contribution in [1.29, 1.82) is 0 Å². The first-order valence-electron chi connectivity index (χ1n) is 21.9. The number of aromatic carboxylic acids is 1. The van der Waals surface area contributed by atoms with Crippen molar-refractivity contribution in [3.8, 4) is 0 Å². The number of sulfonamides is 1. The van der Waals surface area contributed by atoms with Gasteiger partial charge in [-0.25, -0.2) is 31.9 Å². The van der Waals surface area contributed by atoms with E-state index in [1.165, 1.54) is 17.0 Å². The fourth-order valence-corrected chi connectivity index (χ4v) is 8.38. The van der Waals surface area contributed by atoms with Crippen LogP contribution in [0.5, 0.6) is 0 Å². The minimum absolute atomic E-state index is 0.0543. The monoisotopic (exact) mass is 917 g/mol. The third-order valence-electron chi connectivity index (χ3n) is 10.4. The Kier molecular flexibility index (Phi) is 18.9. The highest BCUT2D eigenvalue weighted by Gasteiger charge is 2.39. The molecule has 5 N–H and O–H groups in total. The number of nitrogens with two attached hydrogens (primary N) is 1. The lowest BCUT2D eigenvalue weighted by Crippen LogP contribution is -2.52. The number of primary sulfonamides is 1. The van der Waals surface area contributed by atoms with Gasteiger partial charge in [0.2, 0.25) is 10.0 Å². The molecule has 0 heterocycles. The largest absolute Gasteiger partial charge is 0.478 e. The van der Waals surface area contributed by atoms with Gasteiger partial charge < -0.3 is 30.3 Å². The number of nitrogens with one attached hydrogen (secondary N) is 2. The number of carbonyl (C=O) groups is 4. The molecule has 4 rings (SSSR count). The van der Waals surface area contributed by atoms with E-state index in [2.05, 4.69) is 10.6 Å². The van der Waals surface area contributed by atoms with Crippen LogP contribution in [0.1, 0.15) is 130 Å². The molecule has 0 radical (unpaired) electrons. The van der Waals surface area contributed by atoms with Crippen molar-refractivity contribution in [2.45, 2.75) is 97.2 Å². The molecule has 0 aliphatic rings. The minimum atomic E-state index is -4.84. The quantitative estimate of drug-likeness (QED) is 0.0392. The SMILES string of the molecule is C/C=C\c1cccc(CNC[C@](CCc2cc(F)cc(F)c2)(Nc2c(C(=O)O)cc(C(=O)N(CCC)CCC)cc2S(N)(=O)=O)OC(=O)c2cc(C)cc(C(=O)N(CCC)CCC)c2)c1. The van der Waals surface area contributed by atoms with E-state index in [-0.39, 0.29) is 54.1 Å². The highest BCUT2D eigenvalue weighted by atomic mass is 32.2. The average Bonchev–Trinajstić information content (AvgIpc) is 3.24. The molecule has 0 saturated heterocycles. The lowest BCUT2D eigenvalue weighted by molar-refractivity contribution is -0.00848. The van der Waals surface area contributed by atoms with Gasteiger partial charge in [-0.1, -0.05) is 64.1 Å². The second-order valence-electron chi connectivity index (χ2n) is 16.1. The number of nitrogens with zero attached hydrogens (tertiary/aromatic N) is 2. The predicted molar refractivity (Wildman–Crippen MR) is 248 cm³/mol. The van der Waals surface area contributed by atoms with Crippen molar-refractivity contribution in [3.63, 3.8) is 0 Å². The number of ether oxygens (including phenoxy) is 1. The summed E-state index contributed by atoms with van der Waals surface area (Å²) >= 11 is 0. The zero-order chi connectivity index (χ0) is 47.9. The number of rotatable bonds is 24. The van der Waals surface area contributed by atoms with Crippen LogP contribution in [0.3, 0.4) is 0 Å². The van der Waals surface area contributed by atoms with E-state index in [1.807, 2.05) is 71.0 Å². The van der Waals surface area contributed by atoms with E-state index >= 15 is 0 Å². The summed E-state index contributed by atoms with van der Waals surface area (Å²) < 4.78 is 62.7. The van der Waals surface area contributed by atoms with E-state index in [0.29, 0.717) is 63.5 Å². The molecular formula is C49H61F2N5O8S. The Balaban J connectivity index is 1.98. The maximum Gasteiger partial charge on any atom is 0.340 e. The van der Waals surface area contributed by atoms with Crippen molar-refractivity contribution in [1.82, 2.24) is 15.1 Å². The van der Waals surface area contributed by atoms with E-state index < -0.39 is 61.4 Å². The molecule has 4 aromatic carbocycles. The van der Waals surface area contributed by atoms with Crippen LogP contribution >= 0.6 is 0 Å². The highest BCUT2D eigenvalue weighted by Crippen LogP contribution is 2.34. The lowest BCUT2D eigenvalue weighted by atomic mass is 9.98. The fraction of sp³-hybridized carbons (Fsp3) is 0.388. The standard InChI is InChI=1S/C49H61F2N5O8S/c1-7-13-34-14-12-15-36(24-34)31-53-32-49(17-16-35-25-40(50)30-41(51)26-35,64-48(61)39-23-33(6)22-37(27-39)45(57)55(18-8-2)19-9-3)54-44-42(47(59)60)28-38(29-43(44)65(52,62)63)46(58)56(20-10-4)21-11-5/h7,12-15,22-30,53-54H,8-11,16-21,31-32H2,1-6H3,(H,59,60)(H2,52,62,63)/b13-7-/t49-/m1/s1. The number of aryl methyl sites for hydroxylation is 2. The number of allylic oxidation sites excluding steroid dienone is 1. The first kappa shape index (κ1) is 51.7. The van der Waals surface area contributed by atoms with Crippen LogP contribution in [0.2, 0.25) is 0 Å². The number of hydrogen-bond acceptors (Lipinski definition) is 9. The van der Waals surface area contributed by atoms with Crippen LogP contribution in [-0.4, -0.2) is 85.5 Å². The minimum Gasteiger partial charge on any atom is -0.478 e. The number of hydrogen-bond donors (Lipinski definition) is 4. The van der Waals surface area contributed by atoms with Crippen molar-refractivity contribution >= 4 is 45.5 Å². The van der Waals surface area contributed by atoms with Crippen molar-refractivity contribution in [3.05, 3.63) is 135 Å². The van der Waals surface area contributed by atoms with Crippen LogP contribution in [0.25, 0.3) is 6.08 Å². The smallest absolute Gasteiger partial charge is 0.340 e. The molecule has 65 heavy (non-hydrogen) atoms. The maximum atomic E-state index is 14.7. The first-order chi connectivity index (χ1) is 30.9. The first-order valence-corrected chi connectivity index (χ1v) is 23.4. The highest BCUT2D eigenvalue weighted by molar-refractivity contribution is 7.89. The number of esters is 1. The summed E-state index contributed by atoms with van der Waals surface area (Å²) in [5.74, 6) is -5.32. The molecule has 1 atom stereocenters. The summed E-state index contributed by atoms with van der Waals surface area (Å²) in [5, 5.41) is 22.7. The molecular weight excluding hydrogens is 857 g/mol. The molecule has 13 nitrogen and oxygen atoms in total. The third kappa shape index (κ3) is 14.5. The fourth-order valence-electron chi connectivity index (χ4n) is 7.64. The van der Waals surface area contributed by atoms with Gasteiger partial charge in [-0.2, -0.15) is 0 Å². The van der Waals surface area contributed by atoms with E-state index in [0.717, 1.165) is 35.4 Å². The Labute approximate surface area is 381 Å². The molecule has 350 valence electrons. The Morgan fingerprint density at radius 2 is 1.35 bits per heavy atom. The van der Waals surface area contributed by atoms with Gasteiger partial charge in [0.05, 0.1) is 23.4 Å². The number of amides is 2. The molecule has 0 unspecified atom stereocenters. The molecule has 0 bridgehead atoms. The van der Waals surface area contributed by atoms with Crippen LogP contribution in [-0.2, 0) is 27.7 Å². The molecule has 4 aromatic rings. The molecule has 16 heteroatoms. The molecule has 0 aromatic heterocycles. The summed E-state index contributed by atoms with van der Waals surface area (Å²) in [6.07, 6.45) is 5.79. The lowest BCUT2D eigenvalue weighted by Gasteiger charge is -2.37. The van der Waals surface area contributed by atoms with Crippen LogP contribution < -0.4 is 15.8 Å². The molecule has 0 spiro atoms. The van der Waals surface area contributed by atoms with Gasteiger partial charge in [-0.15, -0.1) is 0 Å². The van der Waals surface area contributed by atoms with Crippen LogP contribution in [0.4, 0.5) is 14.5 Å². The normalized spacial score (nSPS) is 12.4. The van der Waals surface area contributed by atoms with Gasteiger partial charge in [-0.05, 0) is 111 Å². The Hall–Kier alpha value is -5.97. The summed E-state index contributed by atoms with van der Waals surface area (Å²) in [6, 6.07) is 16.9. The van der Waals surface area contributed by atoms with Crippen LogP contribution in [0.15, 0.2) is 83.8 Å². The van der Waals surface area contributed by atoms with E-state index in [4.69, 9.17) is 9.88 Å². The second kappa shape index (κ2) is 23.8. The summed E-state index contributed by atoms with van der Waals surface area (Å²) in [6.45, 7) is 12.6. The summed E-state index contributed by atoms with van der Waals surface area (Å²) in [4.78, 5) is 57.9. The average molecular weight is 918 g/mol. The number of halogens is 2. The molecule has 0 saturated carbocycles. The predicted octanol–water partition coefficient (Wildman–Crippen LogP) is 8.56. The Morgan fingerprint density at radius 1 is 0.785 bits per heavy atom. The number of carbonyl (C=O) groups excluding carboxylic acids is 3. The number of carboxylic acid groups (broad SMARTS) is 1. The summed E-state index contributed by atoms with van der Waals surface area (Å²) in [7, 11) is -4.84. The Morgan fingerprint density at radius 3 is 1.89 bits per heavy atom. The second-order valence-corrected chi connectivity index (χ2v) is 17.6. The van der Waals surface area contributed by atoms with E-state index in [1.54, 1.807) is 17.9 Å². The number of carboxylic acids is 1. The third-order valence-corrected chi connectivity index (χ3v) is 11.4. The van der Waals surface area contributed by atoms with Gasteiger partial charge in [0.25, 0.3) is 11.8 Å². The van der Waals surface area contributed by atoms with Crippen LogP contribution in [0, 0.1) is 18.6 Å². The van der Waals surface area contributed by atoms with Gasteiger partial charge in [0, 0.05) is 56.3 Å². The van der Waals surface area contributed by atoms with Gasteiger partial charge >= 0.3 is 11.9 Å². The van der Waals surface area contributed by atoms with E-state index in [9.17, 15) is 41.5 Å². The van der Waals surface area contributed by atoms with Gasteiger partial charge in [-0.3, -0.25) is 9.59 Å². The number of anilines is 1. The van der Waals surface area contributed by atoms with Crippen molar-refractivity contribution < 1.29 is 46.2 Å². The molecule has 0 fully saturated rings. The Bertz CT molecular complexity index is 2450.